The van der Waals surface area contributed by atoms with Gasteiger partial charge in [0.25, 0.3) is 0 Å². The van der Waals surface area contributed by atoms with E-state index in [1.165, 1.54) is 5.69 Å². The monoisotopic (exact) mass is 359 g/mol. The first-order valence-electron chi connectivity index (χ1n) is 7.90. The standard InChI is InChI=1S/C17H18ClN5S/c1-22-7-9-23(10-8-22)13-4-2-12(3-5-13)19-17-20-14-6-11-24-15(14)16(18)21-17/h2-6,11H,7-10H2,1H3,(H,19,20,21). The lowest BCUT2D eigenvalue weighted by Crippen LogP contribution is -2.44. The fourth-order valence-corrected chi connectivity index (χ4v) is 3.85. The van der Waals surface area contributed by atoms with Crippen LogP contribution in [0.2, 0.25) is 5.15 Å². The number of aromatic nitrogens is 2. The molecule has 0 amide bonds. The molecule has 0 spiro atoms. The van der Waals surface area contributed by atoms with Crippen LogP contribution in [0.4, 0.5) is 17.3 Å². The fraction of sp³-hybridized carbons (Fsp3) is 0.294. The zero-order chi connectivity index (χ0) is 16.5. The van der Waals surface area contributed by atoms with Crippen LogP contribution in [0, 0.1) is 0 Å². The molecule has 0 radical (unpaired) electrons. The predicted octanol–water partition coefficient (Wildman–Crippen LogP) is 3.84. The minimum absolute atomic E-state index is 0.492. The van der Waals surface area contributed by atoms with Crippen LogP contribution in [-0.4, -0.2) is 48.1 Å². The third kappa shape index (κ3) is 3.17. The Morgan fingerprint density at radius 1 is 1.04 bits per heavy atom. The van der Waals surface area contributed by atoms with Crippen molar-refractivity contribution in [1.82, 2.24) is 14.9 Å². The molecule has 0 bridgehead atoms. The first kappa shape index (κ1) is 15.6. The van der Waals surface area contributed by atoms with Gasteiger partial charge in [-0.3, -0.25) is 0 Å². The highest BCUT2D eigenvalue weighted by Crippen LogP contribution is 2.28. The Hall–Kier alpha value is -1.89. The van der Waals surface area contributed by atoms with Gasteiger partial charge in [0.05, 0.1) is 10.2 Å². The van der Waals surface area contributed by atoms with Crippen LogP contribution in [0.25, 0.3) is 10.2 Å². The quantitative estimate of drug-likeness (QED) is 0.720. The van der Waals surface area contributed by atoms with Gasteiger partial charge in [-0.15, -0.1) is 11.3 Å². The molecule has 1 fully saturated rings. The Bertz CT molecular complexity index is 840. The van der Waals surface area contributed by atoms with Crippen molar-refractivity contribution in [2.24, 2.45) is 0 Å². The molecule has 0 saturated carbocycles. The summed E-state index contributed by atoms with van der Waals surface area (Å²) in [4.78, 5) is 13.6. The molecule has 1 aliphatic heterocycles. The van der Waals surface area contributed by atoms with Gasteiger partial charge in [-0.25, -0.2) is 4.98 Å². The zero-order valence-corrected chi connectivity index (χ0v) is 14.9. The molecular formula is C17H18ClN5S. The van der Waals surface area contributed by atoms with E-state index in [2.05, 4.69) is 56.4 Å². The van der Waals surface area contributed by atoms with Gasteiger partial charge in [0, 0.05) is 37.6 Å². The molecule has 3 heterocycles. The number of benzene rings is 1. The summed E-state index contributed by atoms with van der Waals surface area (Å²) in [6, 6.07) is 10.3. The molecular weight excluding hydrogens is 342 g/mol. The molecule has 0 atom stereocenters. The number of hydrogen-bond acceptors (Lipinski definition) is 6. The predicted molar refractivity (Wildman–Crippen MR) is 102 cm³/mol. The van der Waals surface area contributed by atoms with Gasteiger partial charge in [0.1, 0.15) is 0 Å². The number of hydrogen-bond donors (Lipinski definition) is 1. The minimum atomic E-state index is 0.492. The largest absolute Gasteiger partial charge is 0.369 e. The summed E-state index contributed by atoms with van der Waals surface area (Å²) in [5.41, 5.74) is 3.08. The van der Waals surface area contributed by atoms with Gasteiger partial charge in [0.15, 0.2) is 5.15 Å². The smallest absolute Gasteiger partial charge is 0.229 e. The van der Waals surface area contributed by atoms with Crippen LogP contribution < -0.4 is 10.2 Å². The van der Waals surface area contributed by atoms with E-state index in [-0.39, 0.29) is 0 Å². The average Bonchev–Trinajstić information content (AvgIpc) is 3.05. The van der Waals surface area contributed by atoms with E-state index in [0.29, 0.717) is 11.1 Å². The van der Waals surface area contributed by atoms with Crippen molar-refractivity contribution in [1.29, 1.82) is 0 Å². The summed E-state index contributed by atoms with van der Waals surface area (Å²) in [5.74, 6) is 0.526. The maximum absolute atomic E-state index is 6.22. The van der Waals surface area contributed by atoms with E-state index in [1.54, 1.807) is 11.3 Å². The highest BCUT2D eigenvalue weighted by molar-refractivity contribution is 7.17. The molecule has 124 valence electrons. The molecule has 4 rings (SSSR count). The number of likely N-dealkylation sites (N-methyl/N-ethyl adjacent to an activating group) is 1. The number of rotatable bonds is 3. The average molecular weight is 360 g/mol. The Morgan fingerprint density at radius 3 is 2.54 bits per heavy atom. The molecule has 1 aliphatic rings. The van der Waals surface area contributed by atoms with E-state index in [0.717, 1.165) is 42.1 Å². The van der Waals surface area contributed by atoms with Crippen LogP contribution in [0.1, 0.15) is 0 Å². The molecule has 3 aromatic rings. The lowest BCUT2D eigenvalue weighted by atomic mass is 10.2. The lowest BCUT2D eigenvalue weighted by Gasteiger charge is -2.34. The van der Waals surface area contributed by atoms with Crippen molar-refractivity contribution in [3.63, 3.8) is 0 Å². The van der Waals surface area contributed by atoms with Gasteiger partial charge in [-0.1, -0.05) is 11.6 Å². The highest BCUT2D eigenvalue weighted by Gasteiger charge is 2.14. The van der Waals surface area contributed by atoms with Crippen LogP contribution >= 0.6 is 22.9 Å². The van der Waals surface area contributed by atoms with E-state index in [9.17, 15) is 0 Å². The van der Waals surface area contributed by atoms with Crippen molar-refractivity contribution < 1.29 is 0 Å². The van der Waals surface area contributed by atoms with E-state index >= 15 is 0 Å². The normalized spacial score (nSPS) is 15.8. The van der Waals surface area contributed by atoms with Crippen LogP contribution in [0.3, 0.4) is 0 Å². The number of nitrogens with zero attached hydrogens (tertiary/aromatic N) is 4. The Morgan fingerprint density at radius 2 is 1.79 bits per heavy atom. The topological polar surface area (TPSA) is 44.3 Å². The number of anilines is 3. The summed E-state index contributed by atoms with van der Waals surface area (Å²) in [5, 5.41) is 5.70. The maximum Gasteiger partial charge on any atom is 0.229 e. The Balaban J connectivity index is 1.50. The van der Waals surface area contributed by atoms with E-state index in [1.807, 2.05) is 11.4 Å². The minimum Gasteiger partial charge on any atom is -0.369 e. The highest BCUT2D eigenvalue weighted by atomic mass is 35.5. The molecule has 0 unspecified atom stereocenters. The van der Waals surface area contributed by atoms with E-state index in [4.69, 9.17) is 11.6 Å². The molecule has 0 aliphatic carbocycles. The molecule has 2 aromatic heterocycles. The fourth-order valence-electron chi connectivity index (χ4n) is 2.83. The first-order valence-corrected chi connectivity index (χ1v) is 9.16. The first-order chi connectivity index (χ1) is 11.7. The van der Waals surface area contributed by atoms with Crippen LogP contribution in [0.15, 0.2) is 35.7 Å². The third-order valence-electron chi connectivity index (χ3n) is 4.25. The number of piperazine rings is 1. The molecule has 5 nitrogen and oxygen atoms in total. The second kappa shape index (κ2) is 6.55. The summed E-state index contributed by atoms with van der Waals surface area (Å²) in [6.07, 6.45) is 0. The van der Waals surface area contributed by atoms with Crippen molar-refractivity contribution in [3.05, 3.63) is 40.9 Å². The Kier molecular flexibility index (Phi) is 4.26. The van der Waals surface area contributed by atoms with Gasteiger partial charge < -0.3 is 15.1 Å². The van der Waals surface area contributed by atoms with Gasteiger partial charge in [-0.05, 0) is 42.8 Å². The van der Waals surface area contributed by atoms with Gasteiger partial charge in [0.2, 0.25) is 5.95 Å². The SMILES string of the molecule is CN1CCN(c2ccc(Nc3nc(Cl)c4sccc4n3)cc2)CC1. The van der Waals surface area contributed by atoms with Gasteiger partial charge in [-0.2, -0.15) is 4.98 Å². The molecule has 1 saturated heterocycles. The zero-order valence-electron chi connectivity index (χ0n) is 13.4. The van der Waals surface area contributed by atoms with E-state index < -0.39 is 0 Å². The number of halogens is 1. The van der Waals surface area contributed by atoms with Crippen molar-refractivity contribution in [2.75, 3.05) is 43.4 Å². The van der Waals surface area contributed by atoms with Gasteiger partial charge >= 0.3 is 0 Å². The molecule has 7 heteroatoms. The maximum atomic E-state index is 6.22. The summed E-state index contributed by atoms with van der Waals surface area (Å²) < 4.78 is 0.924. The lowest BCUT2D eigenvalue weighted by molar-refractivity contribution is 0.313. The summed E-state index contributed by atoms with van der Waals surface area (Å²) in [7, 11) is 2.17. The molecule has 1 N–H and O–H groups in total. The number of nitrogens with one attached hydrogen (secondary N) is 1. The third-order valence-corrected chi connectivity index (χ3v) is 5.55. The van der Waals surface area contributed by atoms with Crippen LogP contribution in [0.5, 0.6) is 0 Å². The van der Waals surface area contributed by atoms with Crippen molar-refractivity contribution in [2.45, 2.75) is 0 Å². The summed E-state index contributed by atoms with van der Waals surface area (Å²) in [6.45, 7) is 4.34. The number of thiophene rings is 1. The molecule has 1 aromatic carbocycles. The second-order valence-electron chi connectivity index (χ2n) is 5.94. The van der Waals surface area contributed by atoms with Crippen LogP contribution in [-0.2, 0) is 0 Å². The Labute approximate surface area is 149 Å². The molecule has 24 heavy (non-hydrogen) atoms. The summed E-state index contributed by atoms with van der Waals surface area (Å²) >= 11 is 7.77. The second-order valence-corrected chi connectivity index (χ2v) is 7.21. The van der Waals surface area contributed by atoms with Crippen molar-refractivity contribution in [3.8, 4) is 0 Å². The number of fused-ring (bicyclic) bond motifs is 1. The van der Waals surface area contributed by atoms with Crippen molar-refractivity contribution >= 4 is 50.5 Å².